The smallest absolute Gasteiger partial charge is 0.260 e. The standard InChI is InChI=1S/C23H31N3O4S/c1-5-30-13-17(27)11-26(8-9-29-4)12-20-24-22(28)21-19(14-31-23(21)25-20)18-10-15(2)6-7-16(18)3/h6-7,10,14,17,27H,5,8-9,11-13H2,1-4H3,(H,24,25,28). The van der Waals surface area contributed by atoms with Gasteiger partial charge in [-0.1, -0.05) is 23.8 Å². The van der Waals surface area contributed by atoms with Gasteiger partial charge in [-0.2, -0.15) is 0 Å². The maximum atomic E-state index is 13.0. The Hall–Kier alpha value is -2.10. The first-order chi connectivity index (χ1) is 14.9. The number of benzene rings is 1. The SMILES string of the molecule is CCOCC(O)CN(CCOC)Cc1nc2scc(-c3cc(C)ccc3C)c2c(=O)[nH]1. The number of aryl methyl sites for hydroxylation is 2. The number of aliphatic hydroxyl groups is 1. The number of fused-ring (bicyclic) bond motifs is 1. The molecule has 0 aliphatic rings. The van der Waals surface area contributed by atoms with E-state index in [1.54, 1.807) is 7.11 Å². The Balaban J connectivity index is 1.87. The minimum atomic E-state index is -0.620. The van der Waals surface area contributed by atoms with Crippen LogP contribution in [0.5, 0.6) is 0 Å². The van der Waals surface area contributed by atoms with E-state index in [0.29, 0.717) is 44.1 Å². The maximum absolute atomic E-state index is 13.0. The second kappa shape index (κ2) is 11.0. The van der Waals surface area contributed by atoms with Crippen molar-refractivity contribution in [3.8, 4) is 11.1 Å². The largest absolute Gasteiger partial charge is 0.389 e. The average Bonchev–Trinajstić information content (AvgIpc) is 3.16. The lowest BCUT2D eigenvalue weighted by Crippen LogP contribution is -2.37. The van der Waals surface area contributed by atoms with Crippen LogP contribution in [0.4, 0.5) is 0 Å². The highest BCUT2D eigenvalue weighted by molar-refractivity contribution is 7.17. The van der Waals surface area contributed by atoms with Gasteiger partial charge in [0.1, 0.15) is 10.7 Å². The van der Waals surface area contributed by atoms with Gasteiger partial charge in [0.05, 0.1) is 31.2 Å². The minimum Gasteiger partial charge on any atom is -0.389 e. The van der Waals surface area contributed by atoms with Crippen molar-refractivity contribution in [2.45, 2.75) is 33.4 Å². The van der Waals surface area contributed by atoms with Gasteiger partial charge < -0.3 is 19.6 Å². The number of ether oxygens (including phenoxy) is 2. The second-order valence-electron chi connectivity index (χ2n) is 7.70. The maximum Gasteiger partial charge on any atom is 0.260 e. The molecule has 2 N–H and O–H groups in total. The summed E-state index contributed by atoms with van der Waals surface area (Å²) in [5.41, 5.74) is 4.12. The van der Waals surface area contributed by atoms with Crippen molar-refractivity contribution in [2.24, 2.45) is 0 Å². The third-order valence-electron chi connectivity index (χ3n) is 5.14. The zero-order valence-corrected chi connectivity index (χ0v) is 19.4. The number of hydrogen-bond acceptors (Lipinski definition) is 7. The van der Waals surface area contributed by atoms with Crippen LogP contribution in [0.3, 0.4) is 0 Å². The molecule has 3 aromatic rings. The average molecular weight is 446 g/mol. The van der Waals surface area contributed by atoms with E-state index in [1.807, 2.05) is 24.1 Å². The molecule has 7 nitrogen and oxygen atoms in total. The lowest BCUT2D eigenvalue weighted by Gasteiger charge is -2.24. The van der Waals surface area contributed by atoms with Crippen LogP contribution in [-0.4, -0.2) is 66.1 Å². The van der Waals surface area contributed by atoms with Crippen LogP contribution >= 0.6 is 11.3 Å². The molecule has 1 atom stereocenters. The Kier molecular flexibility index (Phi) is 8.34. The molecule has 8 heteroatoms. The normalized spacial score (nSPS) is 12.7. The number of aliphatic hydroxyl groups excluding tert-OH is 1. The number of nitrogens with one attached hydrogen (secondary N) is 1. The summed E-state index contributed by atoms with van der Waals surface area (Å²) in [6, 6.07) is 6.25. The molecule has 0 aliphatic heterocycles. The molecule has 1 unspecified atom stereocenters. The molecule has 0 amide bonds. The number of hydrogen-bond donors (Lipinski definition) is 2. The first kappa shape index (κ1) is 23.6. The van der Waals surface area contributed by atoms with Crippen LogP contribution in [0.15, 0.2) is 28.4 Å². The van der Waals surface area contributed by atoms with Crippen molar-refractivity contribution in [3.05, 3.63) is 50.9 Å². The van der Waals surface area contributed by atoms with Crippen LogP contribution < -0.4 is 5.56 Å². The molecule has 0 aliphatic carbocycles. The number of aromatic amines is 1. The molecule has 31 heavy (non-hydrogen) atoms. The first-order valence-corrected chi connectivity index (χ1v) is 11.4. The Morgan fingerprint density at radius 2 is 2.10 bits per heavy atom. The quantitative estimate of drug-likeness (QED) is 0.472. The monoisotopic (exact) mass is 445 g/mol. The molecule has 0 radical (unpaired) electrons. The summed E-state index contributed by atoms with van der Waals surface area (Å²) in [7, 11) is 1.64. The minimum absolute atomic E-state index is 0.140. The lowest BCUT2D eigenvalue weighted by molar-refractivity contribution is 0.0144. The Morgan fingerprint density at radius 1 is 1.29 bits per heavy atom. The van der Waals surface area contributed by atoms with Gasteiger partial charge in [-0.05, 0) is 31.9 Å². The van der Waals surface area contributed by atoms with E-state index >= 15 is 0 Å². The van der Waals surface area contributed by atoms with Crippen molar-refractivity contribution < 1.29 is 14.6 Å². The molecule has 0 spiro atoms. The fourth-order valence-electron chi connectivity index (χ4n) is 3.56. The molecular weight excluding hydrogens is 414 g/mol. The van der Waals surface area contributed by atoms with Gasteiger partial charge in [0.25, 0.3) is 5.56 Å². The third kappa shape index (κ3) is 5.99. The number of rotatable bonds is 11. The van der Waals surface area contributed by atoms with Crippen LogP contribution in [-0.2, 0) is 16.0 Å². The van der Waals surface area contributed by atoms with Crippen molar-refractivity contribution in [1.29, 1.82) is 0 Å². The van der Waals surface area contributed by atoms with Crippen molar-refractivity contribution >= 4 is 21.6 Å². The van der Waals surface area contributed by atoms with E-state index in [9.17, 15) is 9.90 Å². The van der Waals surface area contributed by atoms with Crippen LogP contribution in [0.2, 0.25) is 0 Å². The van der Waals surface area contributed by atoms with Crippen molar-refractivity contribution in [1.82, 2.24) is 14.9 Å². The molecule has 2 aromatic heterocycles. The van der Waals surface area contributed by atoms with Crippen LogP contribution in [0.1, 0.15) is 23.9 Å². The molecule has 0 bridgehead atoms. The van der Waals surface area contributed by atoms with Gasteiger partial charge in [0.15, 0.2) is 0 Å². The van der Waals surface area contributed by atoms with Gasteiger partial charge in [-0.25, -0.2) is 4.98 Å². The van der Waals surface area contributed by atoms with Gasteiger partial charge in [-0.15, -0.1) is 11.3 Å². The second-order valence-corrected chi connectivity index (χ2v) is 8.56. The summed E-state index contributed by atoms with van der Waals surface area (Å²) in [6.45, 7) is 8.77. The van der Waals surface area contributed by atoms with E-state index in [0.717, 1.165) is 27.1 Å². The van der Waals surface area contributed by atoms with Gasteiger partial charge >= 0.3 is 0 Å². The zero-order valence-electron chi connectivity index (χ0n) is 18.6. The Morgan fingerprint density at radius 3 is 2.84 bits per heavy atom. The Labute approximate surface area is 186 Å². The highest BCUT2D eigenvalue weighted by Gasteiger charge is 2.17. The fraction of sp³-hybridized carbons (Fsp3) is 0.478. The van der Waals surface area contributed by atoms with Gasteiger partial charge in [0.2, 0.25) is 0 Å². The van der Waals surface area contributed by atoms with Crippen LogP contribution in [0, 0.1) is 13.8 Å². The van der Waals surface area contributed by atoms with E-state index in [2.05, 4.69) is 30.1 Å². The molecule has 0 saturated carbocycles. The molecule has 1 aromatic carbocycles. The summed E-state index contributed by atoms with van der Waals surface area (Å²) < 4.78 is 10.5. The summed E-state index contributed by atoms with van der Waals surface area (Å²) in [4.78, 5) is 23.4. The Bertz CT molecular complexity index is 1060. The highest BCUT2D eigenvalue weighted by atomic mass is 32.1. The fourth-order valence-corrected chi connectivity index (χ4v) is 4.52. The molecule has 2 heterocycles. The highest BCUT2D eigenvalue weighted by Crippen LogP contribution is 2.33. The van der Waals surface area contributed by atoms with Crippen LogP contribution in [0.25, 0.3) is 21.3 Å². The number of thiophene rings is 1. The summed E-state index contributed by atoms with van der Waals surface area (Å²) >= 11 is 1.48. The third-order valence-corrected chi connectivity index (χ3v) is 6.02. The number of aromatic nitrogens is 2. The van der Waals surface area contributed by atoms with Gasteiger partial charge in [0, 0.05) is 37.7 Å². The predicted molar refractivity (Wildman–Crippen MR) is 125 cm³/mol. The van der Waals surface area contributed by atoms with E-state index < -0.39 is 6.10 Å². The predicted octanol–water partition coefficient (Wildman–Crippen LogP) is 3.11. The summed E-state index contributed by atoms with van der Waals surface area (Å²) in [5.74, 6) is 0.576. The molecular formula is C23H31N3O4S. The van der Waals surface area contributed by atoms with Crippen molar-refractivity contribution in [3.63, 3.8) is 0 Å². The number of H-pyrrole nitrogens is 1. The first-order valence-electron chi connectivity index (χ1n) is 10.5. The number of nitrogens with zero attached hydrogens (tertiary/aromatic N) is 2. The molecule has 0 fully saturated rings. The number of methoxy groups -OCH3 is 1. The lowest BCUT2D eigenvalue weighted by atomic mass is 9.99. The van der Waals surface area contributed by atoms with Crippen molar-refractivity contribution in [2.75, 3.05) is 40.0 Å². The molecule has 168 valence electrons. The van der Waals surface area contributed by atoms with Gasteiger partial charge in [-0.3, -0.25) is 9.69 Å². The molecule has 0 saturated heterocycles. The van der Waals surface area contributed by atoms with E-state index in [1.165, 1.54) is 11.3 Å². The zero-order chi connectivity index (χ0) is 22.4. The summed E-state index contributed by atoms with van der Waals surface area (Å²) in [6.07, 6.45) is -0.620. The van der Waals surface area contributed by atoms with E-state index in [-0.39, 0.29) is 12.2 Å². The topological polar surface area (TPSA) is 87.7 Å². The summed E-state index contributed by atoms with van der Waals surface area (Å²) in [5, 5.41) is 12.9. The molecule has 3 rings (SSSR count). The van der Waals surface area contributed by atoms with E-state index in [4.69, 9.17) is 14.5 Å².